The lowest BCUT2D eigenvalue weighted by Crippen LogP contribution is -2.35. The number of H-pyrrole nitrogens is 1. The summed E-state index contributed by atoms with van der Waals surface area (Å²) in [6.45, 7) is 3.50. The van der Waals surface area contributed by atoms with E-state index in [2.05, 4.69) is 14.9 Å². The third kappa shape index (κ3) is 4.09. The van der Waals surface area contributed by atoms with Gasteiger partial charge in [-0.15, -0.1) is 0 Å². The summed E-state index contributed by atoms with van der Waals surface area (Å²) in [7, 11) is 0. The summed E-state index contributed by atoms with van der Waals surface area (Å²) in [6, 6.07) is 9.98. The maximum atomic E-state index is 12.8. The molecule has 1 aliphatic heterocycles. The van der Waals surface area contributed by atoms with Crippen molar-refractivity contribution in [3.05, 3.63) is 80.8 Å². The summed E-state index contributed by atoms with van der Waals surface area (Å²) in [5, 5.41) is 10.1. The zero-order chi connectivity index (χ0) is 21.5. The van der Waals surface area contributed by atoms with Gasteiger partial charge < -0.3 is 10.1 Å². The van der Waals surface area contributed by atoms with Crippen LogP contribution in [0.1, 0.15) is 27.9 Å². The van der Waals surface area contributed by atoms with Crippen LogP contribution >= 0.6 is 0 Å². The number of aromatic nitrogens is 2. The van der Waals surface area contributed by atoms with Gasteiger partial charge in [-0.3, -0.25) is 9.69 Å². The minimum atomic E-state index is -4.41. The second kappa shape index (κ2) is 7.60. The topological polar surface area (TPSA) is 69.2 Å². The molecule has 0 amide bonds. The van der Waals surface area contributed by atoms with E-state index < -0.39 is 11.7 Å². The lowest BCUT2D eigenvalue weighted by atomic mass is 10.0. The molecule has 1 aliphatic rings. The summed E-state index contributed by atoms with van der Waals surface area (Å²) in [5.41, 5.74) is 2.41. The Hall–Kier alpha value is -3.13. The van der Waals surface area contributed by atoms with E-state index >= 15 is 0 Å². The number of phenols is 1. The Morgan fingerprint density at radius 1 is 1.17 bits per heavy atom. The summed E-state index contributed by atoms with van der Waals surface area (Å²) in [6.07, 6.45) is -3.87. The Morgan fingerprint density at radius 3 is 2.60 bits per heavy atom. The monoisotopic (exact) mass is 415 g/mol. The molecule has 2 heterocycles. The minimum Gasteiger partial charge on any atom is -0.508 e. The van der Waals surface area contributed by atoms with Gasteiger partial charge >= 0.3 is 6.18 Å². The van der Waals surface area contributed by atoms with Gasteiger partial charge in [-0.05, 0) is 25.1 Å². The molecule has 0 atom stereocenters. The number of alkyl halides is 3. The number of halogens is 3. The van der Waals surface area contributed by atoms with E-state index in [4.69, 9.17) is 0 Å². The van der Waals surface area contributed by atoms with Crippen LogP contribution in [0.4, 0.5) is 13.2 Å². The van der Waals surface area contributed by atoms with Crippen molar-refractivity contribution in [2.45, 2.75) is 32.6 Å². The predicted molar refractivity (Wildman–Crippen MR) is 106 cm³/mol. The van der Waals surface area contributed by atoms with Crippen molar-refractivity contribution in [1.82, 2.24) is 14.9 Å². The number of aromatic hydroxyl groups is 1. The zero-order valence-corrected chi connectivity index (χ0v) is 16.3. The third-order valence-corrected chi connectivity index (χ3v) is 5.26. The highest BCUT2D eigenvalue weighted by Gasteiger charge is 2.30. The lowest BCUT2D eigenvalue weighted by Gasteiger charge is -2.28. The maximum absolute atomic E-state index is 12.8. The number of nitrogens with one attached hydrogen (secondary N) is 1. The Kier molecular flexibility index (Phi) is 5.11. The van der Waals surface area contributed by atoms with Crippen LogP contribution in [-0.4, -0.2) is 26.5 Å². The molecule has 8 heteroatoms. The second-order valence-corrected chi connectivity index (χ2v) is 7.51. The number of aryl methyl sites for hydroxylation is 1. The number of benzene rings is 2. The molecule has 0 unspecified atom stereocenters. The molecule has 0 bridgehead atoms. The average molecular weight is 415 g/mol. The van der Waals surface area contributed by atoms with Gasteiger partial charge in [0.2, 0.25) is 0 Å². The zero-order valence-electron chi connectivity index (χ0n) is 16.3. The highest BCUT2D eigenvalue weighted by molar-refractivity contribution is 5.56. The lowest BCUT2D eigenvalue weighted by molar-refractivity contribution is -0.137. The van der Waals surface area contributed by atoms with Gasteiger partial charge in [-0.2, -0.15) is 13.2 Å². The molecule has 4 rings (SSSR count). The van der Waals surface area contributed by atoms with Crippen LogP contribution in [0, 0.1) is 6.92 Å². The normalized spacial score (nSPS) is 14.5. The largest absolute Gasteiger partial charge is 0.508 e. The van der Waals surface area contributed by atoms with E-state index in [0.717, 1.165) is 23.3 Å². The number of fused-ring (bicyclic) bond motifs is 1. The summed E-state index contributed by atoms with van der Waals surface area (Å²) < 4.78 is 38.3. The quantitative estimate of drug-likeness (QED) is 0.678. The van der Waals surface area contributed by atoms with Crippen molar-refractivity contribution >= 4 is 0 Å². The number of hydrogen-bond acceptors (Lipinski definition) is 4. The van der Waals surface area contributed by atoms with E-state index in [1.54, 1.807) is 6.07 Å². The van der Waals surface area contributed by atoms with Crippen LogP contribution < -0.4 is 5.56 Å². The minimum absolute atomic E-state index is 0.219. The van der Waals surface area contributed by atoms with E-state index in [-0.39, 0.29) is 17.1 Å². The molecule has 3 aromatic rings. The van der Waals surface area contributed by atoms with Crippen LogP contribution in [0.5, 0.6) is 5.75 Å². The van der Waals surface area contributed by atoms with Crippen molar-refractivity contribution in [2.24, 2.45) is 0 Å². The summed E-state index contributed by atoms with van der Waals surface area (Å²) in [4.78, 5) is 21.9. The van der Waals surface area contributed by atoms with Crippen LogP contribution in [0.3, 0.4) is 0 Å². The fourth-order valence-corrected chi connectivity index (χ4v) is 3.65. The van der Waals surface area contributed by atoms with Crippen LogP contribution in [0.25, 0.3) is 11.4 Å². The van der Waals surface area contributed by atoms with Gasteiger partial charge in [0, 0.05) is 37.2 Å². The van der Waals surface area contributed by atoms with Gasteiger partial charge in [-0.1, -0.05) is 29.8 Å². The number of rotatable bonds is 3. The first kappa shape index (κ1) is 20.2. The molecule has 30 heavy (non-hydrogen) atoms. The Morgan fingerprint density at radius 2 is 1.90 bits per heavy atom. The van der Waals surface area contributed by atoms with Crippen molar-refractivity contribution in [1.29, 1.82) is 0 Å². The number of phenolic OH excluding ortho intramolecular Hbond substituents is 1. The molecule has 0 fully saturated rings. The van der Waals surface area contributed by atoms with Crippen molar-refractivity contribution in [3.63, 3.8) is 0 Å². The Labute approximate surface area is 170 Å². The second-order valence-electron chi connectivity index (χ2n) is 7.51. The molecule has 1 aromatic heterocycles. The van der Waals surface area contributed by atoms with Gasteiger partial charge in [0.05, 0.1) is 16.8 Å². The number of aromatic amines is 1. The van der Waals surface area contributed by atoms with Crippen LogP contribution in [0.15, 0.2) is 47.3 Å². The van der Waals surface area contributed by atoms with Crippen molar-refractivity contribution in [3.8, 4) is 17.1 Å². The molecule has 0 saturated carbocycles. The fraction of sp³-hybridized carbons (Fsp3) is 0.273. The molecule has 2 aromatic carbocycles. The van der Waals surface area contributed by atoms with E-state index in [9.17, 15) is 23.1 Å². The predicted octanol–water partition coefficient (Wildman–Crippen LogP) is 4.03. The van der Waals surface area contributed by atoms with Gasteiger partial charge in [0.15, 0.2) is 0 Å². The summed E-state index contributed by atoms with van der Waals surface area (Å²) >= 11 is 0. The first-order valence-corrected chi connectivity index (χ1v) is 9.51. The van der Waals surface area contributed by atoms with E-state index in [1.807, 2.05) is 19.1 Å². The molecule has 2 N–H and O–H groups in total. The SMILES string of the molecule is Cc1ccc(O)c(CN2CCc3nc(-c4ccc(C(F)(F)F)cc4)[nH]c(=O)c3C2)c1. The Balaban J connectivity index is 1.57. The van der Waals surface area contributed by atoms with Gasteiger partial charge in [0.1, 0.15) is 11.6 Å². The highest BCUT2D eigenvalue weighted by Crippen LogP contribution is 2.30. The standard InChI is InChI=1S/C22H20F3N3O2/c1-13-2-7-19(29)15(10-13)11-28-9-8-18-17(12-28)21(30)27-20(26-18)14-3-5-16(6-4-14)22(23,24)25/h2-7,10,29H,8-9,11-12H2,1H3,(H,26,27,30). The molecule has 0 radical (unpaired) electrons. The average Bonchev–Trinajstić information content (AvgIpc) is 2.70. The van der Waals surface area contributed by atoms with E-state index in [1.165, 1.54) is 12.1 Å². The molecular weight excluding hydrogens is 395 g/mol. The molecular formula is C22H20F3N3O2. The fourth-order valence-electron chi connectivity index (χ4n) is 3.65. The van der Waals surface area contributed by atoms with Crippen molar-refractivity contribution in [2.75, 3.05) is 6.54 Å². The van der Waals surface area contributed by atoms with Gasteiger partial charge in [-0.25, -0.2) is 4.98 Å². The Bertz CT molecular complexity index is 1140. The summed E-state index contributed by atoms with van der Waals surface area (Å²) in [5.74, 6) is 0.480. The highest BCUT2D eigenvalue weighted by atomic mass is 19.4. The maximum Gasteiger partial charge on any atom is 0.416 e. The first-order valence-electron chi connectivity index (χ1n) is 9.51. The molecule has 0 saturated heterocycles. The molecule has 156 valence electrons. The number of nitrogens with zero attached hydrogens (tertiary/aromatic N) is 2. The van der Waals surface area contributed by atoms with Gasteiger partial charge in [0.25, 0.3) is 5.56 Å². The van der Waals surface area contributed by atoms with E-state index in [0.29, 0.717) is 42.9 Å². The molecule has 0 spiro atoms. The third-order valence-electron chi connectivity index (χ3n) is 5.26. The van der Waals surface area contributed by atoms with Crippen LogP contribution in [0.2, 0.25) is 0 Å². The van der Waals surface area contributed by atoms with Crippen LogP contribution in [-0.2, 0) is 25.7 Å². The first-order chi connectivity index (χ1) is 14.2. The number of hydrogen-bond donors (Lipinski definition) is 2. The smallest absolute Gasteiger partial charge is 0.416 e. The molecule has 0 aliphatic carbocycles. The molecule has 5 nitrogen and oxygen atoms in total. The van der Waals surface area contributed by atoms with Crippen molar-refractivity contribution < 1.29 is 18.3 Å².